The van der Waals surface area contributed by atoms with Gasteiger partial charge in [0.1, 0.15) is 0 Å². The Bertz CT molecular complexity index is 365. The minimum Gasteiger partial charge on any atom is -0.273 e. The van der Waals surface area contributed by atoms with E-state index in [-0.39, 0.29) is 22.4 Å². The van der Waals surface area contributed by atoms with E-state index in [0.717, 1.165) is 6.61 Å². The predicted octanol–water partition coefficient (Wildman–Crippen LogP) is 3.70. The van der Waals surface area contributed by atoms with E-state index in [4.69, 9.17) is 4.84 Å². The van der Waals surface area contributed by atoms with E-state index in [9.17, 15) is 0 Å². The molecular formula is C13H20BrNO. The highest BCUT2D eigenvalue weighted by atomic mass is 79.9. The Morgan fingerprint density at radius 2 is 1.94 bits per heavy atom. The van der Waals surface area contributed by atoms with Crippen molar-refractivity contribution in [3.63, 3.8) is 0 Å². The van der Waals surface area contributed by atoms with Crippen LogP contribution < -0.4 is 5.06 Å². The first-order valence-electron chi connectivity index (χ1n) is 5.60. The van der Waals surface area contributed by atoms with E-state index in [1.165, 1.54) is 11.3 Å². The number of rotatable bonds is 2. The summed E-state index contributed by atoms with van der Waals surface area (Å²) in [4.78, 5) is 5.71. The van der Waals surface area contributed by atoms with E-state index in [0.29, 0.717) is 6.04 Å². The number of anilines is 1. The Morgan fingerprint density at radius 1 is 1.31 bits per heavy atom. The summed E-state index contributed by atoms with van der Waals surface area (Å²) < 4.78 is 0. The van der Waals surface area contributed by atoms with Crippen molar-refractivity contribution in [3.05, 3.63) is 29.8 Å². The summed E-state index contributed by atoms with van der Waals surface area (Å²) in [5.41, 5.74) is 2.76. The zero-order valence-corrected chi connectivity index (χ0v) is 12.1. The van der Waals surface area contributed by atoms with Gasteiger partial charge in [0.2, 0.25) is 0 Å². The molecule has 1 aromatic rings. The van der Waals surface area contributed by atoms with Crippen molar-refractivity contribution in [3.8, 4) is 0 Å². The molecule has 0 spiro atoms. The highest BCUT2D eigenvalue weighted by Gasteiger charge is 2.42. The number of fused-ring (bicyclic) bond motifs is 1. The van der Waals surface area contributed by atoms with Gasteiger partial charge in [-0.3, -0.25) is 9.90 Å². The van der Waals surface area contributed by atoms with E-state index in [1.54, 1.807) is 0 Å². The second-order valence-electron chi connectivity index (χ2n) is 4.66. The van der Waals surface area contributed by atoms with Crippen LogP contribution in [0, 0.1) is 0 Å². The van der Waals surface area contributed by atoms with Crippen molar-refractivity contribution >= 4 is 22.7 Å². The van der Waals surface area contributed by atoms with Crippen molar-refractivity contribution in [2.45, 2.75) is 39.2 Å². The van der Waals surface area contributed by atoms with Crippen LogP contribution in [0.15, 0.2) is 24.3 Å². The Labute approximate surface area is 108 Å². The molecule has 3 heteroatoms. The Balaban J connectivity index is 0.00000128. The summed E-state index contributed by atoms with van der Waals surface area (Å²) in [6, 6.07) is 8.89. The van der Waals surface area contributed by atoms with Gasteiger partial charge in [0, 0.05) is 5.41 Å². The molecule has 0 amide bonds. The Morgan fingerprint density at radius 3 is 2.56 bits per heavy atom. The molecule has 1 heterocycles. The molecule has 2 rings (SSSR count). The van der Waals surface area contributed by atoms with Gasteiger partial charge in [-0.25, -0.2) is 0 Å². The average molecular weight is 286 g/mol. The minimum absolute atomic E-state index is 0. The molecule has 1 aliphatic rings. The molecule has 0 aliphatic carbocycles. The highest BCUT2D eigenvalue weighted by molar-refractivity contribution is 8.93. The fraction of sp³-hybridized carbons (Fsp3) is 0.538. The van der Waals surface area contributed by atoms with Crippen LogP contribution >= 0.6 is 17.0 Å². The fourth-order valence-corrected chi connectivity index (χ4v) is 2.26. The summed E-state index contributed by atoms with van der Waals surface area (Å²) in [6.07, 6.45) is 0. The van der Waals surface area contributed by atoms with Gasteiger partial charge >= 0.3 is 0 Å². The van der Waals surface area contributed by atoms with Gasteiger partial charge < -0.3 is 0 Å². The van der Waals surface area contributed by atoms with Crippen molar-refractivity contribution in [1.29, 1.82) is 0 Å². The molecule has 0 fully saturated rings. The third-order valence-electron chi connectivity index (χ3n) is 3.50. The third-order valence-corrected chi connectivity index (χ3v) is 3.50. The molecule has 0 aromatic heterocycles. The van der Waals surface area contributed by atoms with E-state index in [1.807, 2.05) is 6.92 Å². The second kappa shape index (κ2) is 4.76. The van der Waals surface area contributed by atoms with E-state index >= 15 is 0 Å². The lowest BCUT2D eigenvalue weighted by Gasteiger charge is -2.30. The van der Waals surface area contributed by atoms with Crippen LogP contribution in [0.4, 0.5) is 5.69 Å². The molecular weight excluding hydrogens is 266 g/mol. The molecule has 0 radical (unpaired) electrons. The Kier molecular flexibility index (Phi) is 4.02. The molecule has 1 atom stereocenters. The first-order chi connectivity index (χ1) is 7.09. The standard InChI is InChI=1S/C13H19NO.BrH/c1-5-15-14-10(2)13(3,4)11-8-6-7-9-12(11)14;/h6-10H,5H2,1-4H3;1H. The van der Waals surface area contributed by atoms with Crippen LogP contribution in [0.25, 0.3) is 0 Å². The van der Waals surface area contributed by atoms with Crippen molar-refractivity contribution in [2.75, 3.05) is 11.7 Å². The highest BCUT2D eigenvalue weighted by Crippen LogP contribution is 2.44. The largest absolute Gasteiger partial charge is 0.273 e. The number of nitrogens with zero attached hydrogens (tertiary/aromatic N) is 1. The zero-order chi connectivity index (χ0) is 11.1. The molecule has 0 N–H and O–H groups in total. The molecule has 0 bridgehead atoms. The number of benzene rings is 1. The van der Waals surface area contributed by atoms with Crippen molar-refractivity contribution in [1.82, 2.24) is 0 Å². The van der Waals surface area contributed by atoms with Crippen molar-refractivity contribution in [2.24, 2.45) is 0 Å². The summed E-state index contributed by atoms with van der Waals surface area (Å²) >= 11 is 0. The van der Waals surface area contributed by atoms with Crippen LogP contribution in [0.5, 0.6) is 0 Å². The maximum atomic E-state index is 5.71. The summed E-state index contributed by atoms with van der Waals surface area (Å²) in [5.74, 6) is 0. The van der Waals surface area contributed by atoms with Gasteiger partial charge in [0.05, 0.1) is 18.3 Å². The lowest BCUT2D eigenvalue weighted by Crippen LogP contribution is -2.38. The SMILES string of the molecule is Br.CCON1c2ccccc2C(C)(C)C1C. The molecule has 16 heavy (non-hydrogen) atoms. The van der Waals surface area contributed by atoms with Crippen LogP contribution in [0.2, 0.25) is 0 Å². The molecule has 1 aliphatic heterocycles. The van der Waals surface area contributed by atoms with E-state index < -0.39 is 0 Å². The van der Waals surface area contributed by atoms with Gasteiger partial charge in [-0.05, 0) is 25.5 Å². The molecule has 1 aromatic carbocycles. The monoisotopic (exact) mass is 285 g/mol. The lowest BCUT2D eigenvalue weighted by atomic mass is 9.81. The number of para-hydroxylation sites is 1. The van der Waals surface area contributed by atoms with Gasteiger partial charge in [0.15, 0.2) is 0 Å². The normalized spacial score (nSPS) is 21.5. The first kappa shape index (κ1) is 13.5. The maximum absolute atomic E-state index is 5.71. The molecule has 0 saturated carbocycles. The third kappa shape index (κ3) is 1.87. The summed E-state index contributed by atoms with van der Waals surface area (Å²) in [6.45, 7) is 9.51. The van der Waals surface area contributed by atoms with Gasteiger partial charge in [-0.15, -0.1) is 17.0 Å². The maximum Gasteiger partial charge on any atom is 0.0720 e. The second-order valence-corrected chi connectivity index (χ2v) is 4.66. The Hall–Kier alpha value is -0.540. The van der Waals surface area contributed by atoms with Crippen LogP contribution in [0.3, 0.4) is 0 Å². The zero-order valence-electron chi connectivity index (χ0n) is 10.4. The number of hydrogen-bond donors (Lipinski definition) is 0. The molecule has 0 saturated heterocycles. The topological polar surface area (TPSA) is 12.5 Å². The first-order valence-corrected chi connectivity index (χ1v) is 5.60. The number of hydrogen-bond acceptors (Lipinski definition) is 2. The molecule has 2 nitrogen and oxygen atoms in total. The molecule has 90 valence electrons. The summed E-state index contributed by atoms with van der Waals surface area (Å²) in [7, 11) is 0. The van der Waals surface area contributed by atoms with Gasteiger partial charge in [-0.1, -0.05) is 32.0 Å². The number of hydroxylamine groups is 1. The molecule has 1 unspecified atom stereocenters. The average Bonchev–Trinajstić information content (AvgIpc) is 2.42. The minimum atomic E-state index is 0. The quantitative estimate of drug-likeness (QED) is 0.822. The predicted molar refractivity (Wildman–Crippen MR) is 73.4 cm³/mol. The van der Waals surface area contributed by atoms with Crippen LogP contribution in [-0.4, -0.2) is 12.6 Å². The van der Waals surface area contributed by atoms with Crippen LogP contribution in [0.1, 0.15) is 33.3 Å². The van der Waals surface area contributed by atoms with Crippen molar-refractivity contribution < 1.29 is 4.84 Å². The van der Waals surface area contributed by atoms with Gasteiger partial charge in [0.25, 0.3) is 0 Å². The van der Waals surface area contributed by atoms with E-state index in [2.05, 4.69) is 50.1 Å². The lowest BCUT2D eigenvalue weighted by molar-refractivity contribution is 0.0940. The summed E-state index contributed by atoms with van der Waals surface area (Å²) in [5, 5.41) is 2.05. The van der Waals surface area contributed by atoms with Gasteiger partial charge in [-0.2, -0.15) is 0 Å². The smallest absolute Gasteiger partial charge is 0.0720 e. The fourth-order valence-electron chi connectivity index (χ4n) is 2.26. The number of halogens is 1. The van der Waals surface area contributed by atoms with Crippen LogP contribution in [-0.2, 0) is 10.3 Å².